The largest absolute Gasteiger partial charge is 0.496 e. The van der Waals surface area contributed by atoms with Crippen molar-refractivity contribution >= 4 is 11.6 Å². The van der Waals surface area contributed by atoms with Crippen LogP contribution in [0.15, 0.2) is 24.3 Å². The molecule has 1 fully saturated rings. The molecule has 0 aliphatic heterocycles. The molecule has 136 valence electrons. The molecule has 0 spiro atoms. The summed E-state index contributed by atoms with van der Waals surface area (Å²) in [5.74, 6) is 1.60. The number of aromatic nitrogens is 2. The Morgan fingerprint density at radius 3 is 2.76 bits per heavy atom. The van der Waals surface area contributed by atoms with E-state index in [1.165, 1.54) is 19.3 Å². The van der Waals surface area contributed by atoms with E-state index in [0.717, 1.165) is 42.3 Å². The predicted molar refractivity (Wildman–Crippen MR) is 99.4 cm³/mol. The fraction of sp³-hybridized carbons (Fsp3) is 0.526. The number of rotatable bonds is 7. The van der Waals surface area contributed by atoms with Crippen molar-refractivity contribution in [2.45, 2.75) is 51.3 Å². The maximum Gasteiger partial charge on any atom is 0.212 e. The number of hydrogen-bond acceptors (Lipinski definition) is 4. The van der Waals surface area contributed by atoms with Crippen LogP contribution in [0.2, 0.25) is 5.02 Å². The first-order chi connectivity index (χ1) is 12.2. The highest BCUT2D eigenvalue weighted by molar-refractivity contribution is 6.30. The second kappa shape index (κ2) is 8.59. The summed E-state index contributed by atoms with van der Waals surface area (Å²) in [4.78, 5) is 0. The van der Waals surface area contributed by atoms with Crippen LogP contribution >= 0.6 is 11.6 Å². The van der Waals surface area contributed by atoms with E-state index in [2.05, 4.69) is 10.00 Å². The topological polar surface area (TPSA) is 48.3 Å². The van der Waals surface area contributed by atoms with Crippen molar-refractivity contribution in [3.05, 3.63) is 40.5 Å². The maximum absolute atomic E-state index is 6.13. The molecule has 25 heavy (non-hydrogen) atoms. The van der Waals surface area contributed by atoms with Gasteiger partial charge in [0.25, 0.3) is 0 Å². The molecule has 0 atom stereocenters. The third-order valence-electron chi connectivity index (χ3n) is 4.65. The fourth-order valence-electron chi connectivity index (χ4n) is 3.40. The second-order valence-electron chi connectivity index (χ2n) is 6.49. The summed E-state index contributed by atoms with van der Waals surface area (Å²) < 4.78 is 13.6. The maximum atomic E-state index is 6.13. The van der Waals surface area contributed by atoms with Crippen LogP contribution < -0.4 is 14.8 Å². The molecular formula is C19H26ClN3O2. The van der Waals surface area contributed by atoms with E-state index >= 15 is 0 Å². The van der Waals surface area contributed by atoms with Gasteiger partial charge < -0.3 is 14.8 Å². The number of hydrogen-bond donors (Lipinski definition) is 1. The van der Waals surface area contributed by atoms with Gasteiger partial charge in [0.2, 0.25) is 5.88 Å². The zero-order valence-corrected chi connectivity index (χ0v) is 15.7. The van der Waals surface area contributed by atoms with Crippen LogP contribution in [0.3, 0.4) is 0 Å². The Kier molecular flexibility index (Phi) is 6.21. The minimum Gasteiger partial charge on any atom is -0.496 e. The van der Waals surface area contributed by atoms with Crippen LogP contribution in [0, 0.1) is 0 Å². The number of nitrogens with one attached hydrogen (secondary N) is 1. The smallest absolute Gasteiger partial charge is 0.212 e. The fourth-order valence-corrected chi connectivity index (χ4v) is 3.59. The van der Waals surface area contributed by atoms with Crippen LogP contribution in [0.1, 0.15) is 49.4 Å². The number of nitrogens with zero attached hydrogens (tertiary/aromatic N) is 2. The number of methoxy groups -OCH3 is 1. The average molecular weight is 364 g/mol. The minimum atomic E-state index is 0.404. The van der Waals surface area contributed by atoms with Crippen LogP contribution in [0.4, 0.5) is 0 Å². The lowest BCUT2D eigenvalue weighted by Gasteiger charge is -2.23. The molecule has 1 aromatic heterocycles. The Bertz CT molecular complexity index is 696. The Labute approximate surface area is 154 Å². The van der Waals surface area contributed by atoms with Gasteiger partial charge in [0.1, 0.15) is 12.4 Å². The van der Waals surface area contributed by atoms with E-state index < -0.39 is 0 Å². The molecule has 1 N–H and O–H groups in total. The van der Waals surface area contributed by atoms with Crippen molar-refractivity contribution in [1.29, 1.82) is 0 Å². The first-order valence-corrected chi connectivity index (χ1v) is 9.27. The van der Waals surface area contributed by atoms with Gasteiger partial charge in [0.05, 0.1) is 18.8 Å². The first-order valence-electron chi connectivity index (χ1n) is 8.89. The standard InChI is InChI=1S/C19H26ClN3O2/c1-21-12-16-11-19(23(22-16)17-6-4-3-5-7-17)25-13-14-10-15(20)8-9-18(14)24-2/h8-11,17,21H,3-7,12-13H2,1-2H3. The van der Waals surface area contributed by atoms with Gasteiger partial charge in [0.15, 0.2) is 0 Å². The van der Waals surface area contributed by atoms with Gasteiger partial charge in [-0.15, -0.1) is 0 Å². The van der Waals surface area contributed by atoms with Gasteiger partial charge >= 0.3 is 0 Å². The van der Waals surface area contributed by atoms with Crippen molar-refractivity contribution in [1.82, 2.24) is 15.1 Å². The van der Waals surface area contributed by atoms with Crippen molar-refractivity contribution in [2.75, 3.05) is 14.2 Å². The molecule has 0 radical (unpaired) electrons. The number of benzene rings is 1. The zero-order chi connectivity index (χ0) is 17.6. The summed E-state index contributed by atoms with van der Waals surface area (Å²) in [6.07, 6.45) is 6.16. The molecule has 1 aliphatic rings. The molecular weight excluding hydrogens is 338 g/mol. The molecule has 2 aromatic rings. The van der Waals surface area contributed by atoms with Crippen LogP contribution in [-0.2, 0) is 13.2 Å². The lowest BCUT2D eigenvalue weighted by Crippen LogP contribution is -2.16. The average Bonchev–Trinajstić information content (AvgIpc) is 3.04. The SMILES string of the molecule is CNCc1cc(OCc2cc(Cl)ccc2OC)n(C2CCCCC2)n1. The molecule has 0 bridgehead atoms. The van der Waals surface area contributed by atoms with Crippen molar-refractivity contribution < 1.29 is 9.47 Å². The first kappa shape index (κ1) is 18.1. The van der Waals surface area contributed by atoms with E-state index in [1.807, 2.05) is 31.3 Å². The third kappa shape index (κ3) is 4.47. The van der Waals surface area contributed by atoms with Crippen LogP contribution in [-0.4, -0.2) is 23.9 Å². The number of ether oxygens (including phenoxy) is 2. The molecule has 0 unspecified atom stereocenters. The summed E-state index contributed by atoms with van der Waals surface area (Å²) in [5, 5.41) is 8.60. The summed E-state index contributed by atoms with van der Waals surface area (Å²) >= 11 is 6.12. The van der Waals surface area contributed by atoms with E-state index in [4.69, 9.17) is 26.2 Å². The molecule has 0 amide bonds. The van der Waals surface area contributed by atoms with E-state index in [-0.39, 0.29) is 0 Å². The quantitative estimate of drug-likeness (QED) is 0.794. The Balaban J connectivity index is 1.80. The molecule has 6 heteroatoms. The van der Waals surface area contributed by atoms with E-state index in [0.29, 0.717) is 17.7 Å². The summed E-state index contributed by atoms with van der Waals surface area (Å²) in [7, 11) is 3.58. The third-order valence-corrected chi connectivity index (χ3v) is 4.88. The zero-order valence-electron chi connectivity index (χ0n) is 14.9. The molecule has 1 heterocycles. The molecule has 5 nitrogen and oxygen atoms in total. The Morgan fingerprint density at radius 1 is 1.24 bits per heavy atom. The lowest BCUT2D eigenvalue weighted by atomic mass is 9.96. The molecule has 1 saturated carbocycles. The van der Waals surface area contributed by atoms with Crippen molar-refractivity contribution in [3.8, 4) is 11.6 Å². The highest BCUT2D eigenvalue weighted by Gasteiger charge is 2.21. The van der Waals surface area contributed by atoms with Gasteiger partial charge in [-0.25, -0.2) is 4.68 Å². The monoisotopic (exact) mass is 363 g/mol. The molecule has 1 aliphatic carbocycles. The van der Waals surface area contributed by atoms with Gasteiger partial charge in [-0.2, -0.15) is 5.10 Å². The highest BCUT2D eigenvalue weighted by Crippen LogP contribution is 2.32. The van der Waals surface area contributed by atoms with E-state index in [1.54, 1.807) is 7.11 Å². The summed E-state index contributed by atoms with van der Waals surface area (Å²) in [5.41, 5.74) is 1.93. The molecule has 3 rings (SSSR count). The highest BCUT2D eigenvalue weighted by atomic mass is 35.5. The van der Waals surface area contributed by atoms with Crippen molar-refractivity contribution in [3.63, 3.8) is 0 Å². The van der Waals surface area contributed by atoms with Gasteiger partial charge in [-0.05, 0) is 38.1 Å². The van der Waals surface area contributed by atoms with Crippen molar-refractivity contribution in [2.24, 2.45) is 0 Å². The second-order valence-corrected chi connectivity index (χ2v) is 6.92. The lowest BCUT2D eigenvalue weighted by molar-refractivity contribution is 0.234. The van der Waals surface area contributed by atoms with Gasteiger partial charge in [-0.1, -0.05) is 30.9 Å². The Hall–Kier alpha value is -1.72. The van der Waals surface area contributed by atoms with Crippen LogP contribution in [0.25, 0.3) is 0 Å². The van der Waals surface area contributed by atoms with E-state index in [9.17, 15) is 0 Å². The summed E-state index contributed by atoms with van der Waals surface area (Å²) in [6, 6.07) is 8.03. The normalized spacial score (nSPS) is 15.3. The van der Waals surface area contributed by atoms with Crippen LogP contribution in [0.5, 0.6) is 11.6 Å². The van der Waals surface area contributed by atoms with Gasteiger partial charge in [-0.3, -0.25) is 0 Å². The van der Waals surface area contributed by atoms with Gasteiger partial charge in [0, 0.05) is 23.2 Å². The minimum absolute atomic E-state index is 0.404. The Morgan fingerprint density at radius 2 is 2.04 bits per heavy atom. The predicted octanol–water partition coefficient (Wildman–Crippen LogP) is 4.35. The molecule has 1 aromatic carbocycles. The molecule has 0 saturated heterocycles. The number of halogens is 1. The summed E-state index contributed by atoms with van der Waals surface area (Å²) in [6.45, 7) is 1.14.